The fourth-order valence-electron chi connectivity index (χ4n) is 1.47. The number of methoxy groups -OCH3 is 1. The predicted octanol–water partition coefficient (Wildman–Crippen LogP) is 2.38. The Labute approximate surface area is 110 Å². The SMILES string of the molecule is COCCC(C)Oc1ccc(CNC(C)C)nc1. The van der Waals surface area contributed by atoms with E-state index in [1.54, 1.807) is 13.3 Å². The topological polar surface area (TPSA) is 43.4 Å². The Hall–Kier alpha value is -1.13. The summed E-state index contributed by atoms with van der Waals surface area (Å²) in [6.07, 6.45) is 2.81. The molecule has 0 fully saturated rings. The van der Waals surface area contributed by atoms with Gasteiger partial charge in [-0.3, -0.25) is 4.98 Å². The van der Waals surface area contributed by atoms with Crippen LogP contribution in [-0.2, 0) is 11.3 Å². The molecular formula is C14H24N2O2. The summed E-state index contributed by atoms with van der Waals surface area (Å²) in [4.78, 5) is 4.37. The van der Waals surface area contributed by atoms with Crippen LogP contribution in [-0.4, -0.2) is 30.8 Å². The van der Waals surface area contributed by atoms with E-state index in [2.05, 4.69) is 24.1 Å². The number of hydrogen-bond donors (Lipinski definition) is 1. The molecule has 0 aliphatic rings. The fraction of sp³-hybridized carbons (Fsp3) is 0.643. The minimum absolute atomic E-state index is 0.145. The molecule has 1 rings (SSSR count). The Morgan fingerprint density at radius 3 is 2.61 bits per heavy atom. The average molecular weight is 252 g/mol. The van der Waals surface area contributed by atoms with E-state index in [0.29, 0.717) is 12.6 Å². The van der Waals surface area contributed by atoms with Crippen LogP contribution < -0.4 is 10.1 Å². The van der Waals surface area contributed by atoms with Gasteiger partial charge in [-0.2, -0.15) is 0 Å². The van der Waals surface area contributed by atoms with Crippen molar-refractivity contribution in [3.8, 4) is 5.75 Å². The largest absolute Gasteiger partial charge is 0.489 e. The Balaban J connectivity index is 2.39. The molecule has 1 aromatic rings. The molecule has 1 aromatic heterocycles. The number of nitrogens with one attached hydrogen (secondary N) is 1. The highest BCUT2D eigenvalue weighted by atomic mass is 16.5. The highest BCUT2D eigenvalue weighted by Gasteiger charge is 2.04. The van der Waals surface area contributed by atoms with Crippen LogP contribution in [0, 0.1) is 0 Å². The van der Waals surface area contributed by atoms with E-state index in [9.17, 15) is 0 Å². The van der Waals surface area contributed by atoms with Crippen molar-refractivity contribution < 1.29 is 9.47 Å². The van der Waals surface area contributed by atoms with Crippen molar-refractivity contribution >= 4 is 0 Å². The first-order valence-corrected chi connectivity index (χ1v) is 6.45. The van der Waals surface area contributed by atoms with Gasteiger partial charge >= 0.3 is 0 Å². The summed E-state index contributed by atoms with van der Waals surface area (Å²) in [7, 11) is 1.70. The first-order valence-electron chi connectivity index (χ1n) is 6.45. The van der Waals surface area contributed by atoms with E-state index in [1.807, 2.05) is 19.1 Å². The first kappa shape index (κ1) is 14.9. The summed E-state index contributed by atoms with van der Waals surface area (Å²) in [6, 6.07) is 4.43. The predicted molar refractivity (Wildman–Crippen MR) is 72.8 cm³/mol. The fourth-order valence-corrected chi connectivity index (χ4v) is 1.47. The maximum atomic E-state index is 5.73. The van der Waals surface area contributed by atoms with E-state index >= 15 is 0 Å². The Morgan fingerprint density at radius 1 is 1.28 bits per heavy atom. The highest BCUT2D eigenvalue weighted by Crippen LogP contribution is 2.12. The van der Waals surface area contributed by atoms with Gasteiger partial charge in [0.05, 0.1) is 18.0 Å². The van der Waals surface area contributed by atoms with E-state index in [-0.39, 0.29) is 6.10 Å². The summed E-state index contributed by atoms with van der Waals surface area (Å²) < 4.78 is 10.8. The van der Waals surface area contributed by atoms with Crippen LogP contribution in [0.1, 0.15) is 32.9 Å². The van der Waals surface area contributed by atoms with E-state index in [1.165, 1.54) is 0 Å². The average Bonchev–Trinajstić information content (AvgIpc) is 2.35. The number of ether oxygens (including phenoxy) is 2. The summed E-state index contributed by atoms with van der Waals surface area (Å²) in [5, 5.41) is 3.33. The molecule has 0 aliphatic heterocycles. The van der Waals surface area contributed by atoms with Crippen LogP contribution in [0.25, 0.3) is 0 Å². The van der Waals surface area contributed by atoms with Gasteiger partial charge in [0, 0.05) is 32.7 Å². The van der Waals surface area contributed by atoms with Crippen LogP contribution in [0.4, 0.5) is 0 Å². The van der Waals surface area contributed by atoms with Crippen molar-refractivity contribution in [1.82, 2.24) is 10.3 Å². The van der Waals surface area contributed by atoms with Crippen molar-refractivity contribution in [3.05, 3.63) is 24.0 Å². The quantitative estimate of drug-likeness (QED) is 0.771. The maximum absolute atomic E-state index is 5.73. The molecule has 0 saturated heterocycles. The van der Waals surface area contributed by atoms with Crippen LogP contribution in [0.5, 0.6) is 5.75 Å². The zero-order valence-electron chi connectivity index (χ0n) is 11.8. The van der Waals surface area contributed by atoms with Crippen molar-refractivity contribution in [2.45, 2.75) is 45.9 Å². The lowest BCUT2D eigenvalue weighted by Gasteiger charge is -2.14. The summed E-state index contributed by atoms with van der Waals surface area (Å²) in [6.45, 7) is 7.78. The lowest BCUT2D eigenvalue weighted by molar-refractivity contribution is 0.135. The molecule has 1 atom stereocenters. The van der Waals surface area contributed by atoms with Gasteiger partial charge in [0.15, 0.2) is 0 Å². The number of hydrogen-bond acceptors (Lipinski definition) is 4. The molecule has 0 bridgehead atoms. The van der Waals surface area contributed by atoms with Gasteiger partial charge in [-0.25, -0.2) is 0 Å². The first-order chi connectivity index (χ1) is 8.61. The standard InChI is InChI=1S/C14H24N2O2/c1-11(2)15-9-13-5-6-14(10-16-13)18-12(3)7-8-17-4/h5-6,10-12,15H,7-9H2,1-4H3. The molecule has 0 aromatic carbocycles. The summed E-state index contributed by atoms with van der Waals surface area (Å²) in [5.41, 5.74) is 1.03. The Bertz CT molecular complexity index is 325. The number of rotatable bonds is 8. The number of aromatic nitrogens is 1. The minimum atomic E-state index is 0.145. The molecule has 0 radical (unpaired) electrons. The molecule has 102 valence electrons. The third-order valence-electron chi connectivity index (χ3n) is 2.55. The smallest absolute Gasteiger partial charge is 0.138 e. The molecule has 18 heavy (non-hydrogen) atoms. The highest BCUT2D eigenvalue weighted by molar-refractivity contribution is 5.20. The number of pyridine rings is 1. The molecule has 0 aliphatic carbocycles. The van der Waals surface area contributed by atoms with E-state index in [0.717, 1.165) is 24.4 Å². The van der Waals surface area contributed by atoms with E-state index < -0.39 is 0 Å². The maximum Gasteiger partial charge on any atom is 0.138 e. The second kappa shape index (κ2) is 8.06. The van der Waals surface area contributed by atoms with Gasteiger partial charge < -0.3 is 14.8 Å². The van der Waals surface area contributed by atoms with Gasteiger partial charge in [0.25, 0.3) is 0 Å². The lowest BCUT2D eigenvalue weighted by atomic mass is 10.3. The minimum Gasteiger partial charge on any atom is -0.489 e. The normalized spacial score (nSPS) is 12.7. The molecule has 4 heteroatoms. The molecule has 1 unspecified atom stereocenters. The second-order valence-electron chi connectivity index (χ2n) is 4.73. The summed E-state index contributed by atoms with van der Waals surface area (Å²) in [5.74, 6) is 0.812. The molecule has 0 amide bonds. The monoisotopic (exact) mass is 252 g/mol. The molecule has 0 spiro atoms. The molecule has 1 heterocycles. The van der Waals surface area contributed by atoms with Crippen LogP contribution >= 0.6 is 0 Å². The van der Waals surface area contributed by atoms with Gasteiger partial charge in [-0.1, -0.05) is 13.8 Å². The molecular weight excluding hydrogens is 228 g/mol. The van der Waals surface area contributed by atoms with Crippen molar-refractivity contribution in [2.24, 2.45) is 0 Å². The molecule has 4 nitrogen and oxygen atoms in total. The van der Waals surface area contributed by atoms with Crippen LogP contribution in [0.2, 0.25) is 0 Å². The molecule has 1 N–H and O–H groups in total. The van der Waals surface area contributed by atoms with Gasteiger partial charge in [-0.05, 0) is 19.1 Å². The van der Waals surface area contributed by atoms with Gasteiger partial charge in [0.1, 0.15) is 5.75 Å². The lowest BCUT2D eigenvalue weighted by Crippen LogP contribution is -2.22. The van der Waals surface area contributed by atoms with Crippen molar-refractivity contribution in [2.75, 3.05) is 13.7 Å². The number of nitrogens with zero attached hydrogens (tertiary/aromatic N) is 1. The van der Waals surface area contributed by atoms with Gasteiger partial charge in [-0.15, -0.1) is 0 Å². The Kier molecular flexibility index (Phi) is 6.68. The van der Waals surface area contributed by atoms with Crippen molar-refractivity contribution in [3.63, 3.8) is 0 Å². The zero-order chi connectivity index (χ0) is 13.4. The molecule has 0 saturated carbocycles. The van der Waals surface area contributed by atoms with Crippen LogP contribution in [0.15, 0.2) is 18.3 Å². The van der Waals surface area contributed by atoms with Gasteiger partial charge in [0.2, 0.25) is 0 Å². The summed E-state index contributed by atoms with van der Waals surface area (Å²) >= 11 is 0. The van der Waals surface area contributed by atoms with Crippen molar-refractivity contribution in [1.29, 1.82) is 0 Å². The zero-order valence-corrected chi connectivity index (χ0v) is 11.8. The third kappa shape index (κ3) is 5.98. The van der Waals surface area contributed by atoms with Crippen LogP contribution in [0.3, 0.4) is 0 Å². The second-order valence-corrected chi connectivity index (χ2v) is 4.73. The third-order valence-corrected chi connectivity index (χ3v) is 2.55. The Morgan fingerprint density at radius 2 is 2.06 bits per heavy atom. The van der Waals surface area contributed by atoms with E-state index in [4.69, 9.17) is 9.47 Å².